The number of likely N-dealkylation sites (tertiary alicyclic amines) is 1. The Kier molecular flexibility index (Phi) is 6.27. The predicted molar refractivity (Wildman–Crippen MR) is 79.7 cm³/mol. The second-order valence-corrected chi connectivity index (χ2v) is 7.09. The highest BCUT2D eigenvalue weighted by molar-refractivity contribution is 5.68. The highest BCUT2D eigenvalue weighted by Gasteiger charge is 2.30. The fourth-order valence-corrected chi connectivity index (χ4v) is 2.49. The van der Waals surface area contributed by atoms with Gasteiger partial charge in [0.1, 0.15) is 5.60 Å². The lowest BCUT2D eigenvalue weighted by molar-refractivity contribution is 0.0289. The summed E-state index contributed by atoms with van der Waals surface area (Å²) in [7, 11) is 0. The zero-order valence-corrected chi connectivity index (χ0v) is 13.5. The maximum absolute atomic E-state index is 12.0. The lowest BCUT2D eigenvalue weighted by atomic mass is 10.0. The SMILES string of the molecule is CC(C)CC(CO)NC1CCN(C(=O)OC(C)(C)C)C1. The fraction of sp³-hybridized carbons (Fsp3) is 0.933. The van der Waals surface area contributed by atoms with Gasteiger partial charge in [-0.05, 0) is 39.5 Å². The first-order valence-corrected chi connectivity index (χ1v) is 7.56. The Labute approximate surface area is 122 Å². The third-order valence-electron chi connectivity index (χ3n) is 3.29. The molecule has 1 aliphatic heterocycles. The molecule has 0 radical (unpaired) electrons. The van der Waals surface area contributed by atoms with Crippen molar-refractivity contribution in [1.29, 1.82) is 0 Å². The molecule has 2 N–H and O–H groups in total. The normalized spacial score (nSPS) is 21.4. The lowest BCUT2D eigenvalue weighted by Gasteiger charge is -2.25. The Morgan fingerprint density at radius 2 is 2.10 bits per heavy atom. The molecule has 2 unspecified atom stereocenters. The molecule has 20 heavy (non-hydrogen) atoms. The van der Waals surface area contributed by atoms with E-state index < -0.39 is 5.60 Å². The van der Waals surface area contributed by atoms with Crippen molar-refractivity contribution in [2.45, 2.75) is 65.1 Å². The van der Waals surface area contributed by atoms with Crippen LogP contribution >= 0.6 is 0 Å². The number of hydrogen-bond donors (Lipinski definition) is 2. The van der Waals surface area contributed by atoms with E-state index in [0.717, 1.165) is 12.8 Å². The highest BCUT2D eigenvalue weighted by Crippen LogP contribution is 2.16. The van der Waals surface area contributed by atoms with E-state index in [9.17, 15) is 9.90 Å². The van der Waals surface area contributed by atoms with E-state index in [2.05, 4.69) is 19.2 Å². The van der Waals surface area contributed by atoms with E-state index in [0.29, 0.717) is 19.0 Å². The molecular weight excluding hydrogens is 256 g/mol. The van der Waals surface area contributed by atoms with Crippen LogP contribution in [0.1, 0.15) is 47.5 Å². The third-order valence-corrected chi connectivity index (χ3v) is 3.29. The smallest absolute Gasteiger partial charge is 0.410 e. The zero-order valence-electron chi connectivity index (χ0n) is 13.5. The maximum Gasteiger partial charge on any atom is 0.410 e. The van der Waals surface area contributed by atoms with Gasteiger partial charge in [0, 0.05) is 25.2 Å². The van der Waals surface area contributed by atoms with E-state index in [1.54, 1.807) is 4.90 Å². The van der Waals surface area contributed by atoms with E-state index in [1.807, 2.05) is 20.8 Å². The molecule has 1 rings (SSSR count). The molecule has 0 saturated carbocycles. The molecule has 0 aromatic rings. The number of nitrogens with one attached hydrogen (secondary N) is 1. The van der Waals surface area contributed by atoms with Crippen molar-refractivity contribution in [3.05, 3.63) is 0 Å². The molecule has 5 nitrogen and oxygen atoms in total. The van der Waals surface area contributed by atoms with Crippen molar-refractivity contribution >= 4 is 6.09 Å². The van der Waals surface area contributed by atoms with E-state index in [-0.39, 0.29) is 24.8 Å². The molecule has 1 saturated heterocycles. The first-order valence-electron chi connectivity index (χ1n) is 7.56. The van der Waals surface area contributed by atoms with Crippen LogP contribution in [0, 0.1) is 5.92 Å². The first kappa shape index (κ1) is 17.2. The van der Waals surface area contributed by atoms with Crippen LogP contribution in [-0.4, -0.2) is 53.5 Å². The maximum atomic E-state index is 12.0. The minimum atomic E-state index is -0.451. The summed E-state index contributed by atoms with van der Waals surface area (Å²) >= 11 is 0. The average Bonchev–Trinajstić information content (AvgIpc) is 2.73. The van der Waals surface area contributed by atoms with Crippen LogP contribution in [0.2, 0.25) is 0 Å². The summed E-state index contributed by atoms with van der Waals surface area (Å²) < 4.78 is 5.38. The number of aliphatic hydroxyl groups excluding tert-OH is 1. The molecule has 0 spiro atoms. The van der Waals surface area contributed by atoms with Crippen LogP contribution in [0.25, 0.3) is 0 Å². The van der Waals surface area contributed by atoms with Crippen LogP contribution in [-0.2, 0) is 4.74 Å². The van der Waals surface area contributed by atoms with Crippen molar-refractivity contribution < 1.29 is 14.6 Å². The van der Waals surface area contributed by atoms with Gasteiger partial charge in [-0.1, -0.05) is 13.8 Å². The second-order valence-electron chi connectivity index (χ2n) is 7.09. The number of aliphatic hydroxyl groups is 1. The molecule has 0 aliphatic carbocycles. The molecule has 2 atom stereocenters. The van der Waals surface area contributed by atoms with Crippen LogP contribution in [0.5, 0.6) is 0 Å². The second kappa shape index (κ2) is 7.27. The Bertz CT molecular complexity index is 313. The Hall–Kier alpha value is -0.810. The molecule has 1 fully saturated rings. The van der Waals surface area contributed by atoms with Crippen LogP contribution in [0.3, 0.4) is 0 Å². The van der Waals surface area contributed by atoms with Crippen LogP contribution in [0.15, 0.2) is 0 Å². The Morgan fingerprint density at radius 3 is 2.60 bits per heavy atom. The number of nitrogens with zero attached hydrogens (tertiary/aromatic N) is 1. The Morgan fingerprint density at radius 1 is 1.45 bits per heavy atom. The van der Waals surface area contributed by atoms with E-state index in [4.69, 9.17) is 4.74 Å². The Balaban J connectivity index is 2.41. The van der Waals surface area contributed by atoms with Gasteiger partial charge < -0.3 is 20.1 Å². The van der Waals surface area contributed by atoms with E-state index in [1.165, 1.54) is 0 Å². The van der Waals surface area contributed by atoms with Gasteiger partial charge in [0.25, 0.3) is 0 Å². The quantitative estimate of drug-likeness (QED) is 0.811. The molecule has 1 amide bonds. The van der Waals surface area contributed by atoms with Gasteiger partial charge in [0.05, 0.1) is 6.61 Å². The van der Waals surface area contributed by atoms with Crippen LogP contribution in [0.4, 0.5) is 4.79 Å². The molecule has 118 valence electrons. The molecule has 0 bridgehead atoms. The summed E-state index contributed by atoms with van der Waals surface area (Å²) in [5.74, 6) is 0.544. The van der Waals surface area contributed by atoms with Gasteiger partial charge in [-0.3, -0.25) is 0 Å². The topological polar surface area (TPSA) is 61.8 Å². The summed E-state index contributed by atoms with van der Waals surface area (Å²) in [6, 6.07) is 0.358. The van der Waals surface area contributed by atoms with Gasteiger partial charge in [0.15, 0.2) is 0 Å². The standard InChI is InChI=1S/C15H30N2O3/c1-11(2)8-13(10-18)16-12-6-7-17(9-12)14(19)20-15(3,4)5/h11-13,16,18H,6-10H2,1-5H3. The van der Waals surface area contributed by atoms with Gasteiger partial charge in [-0.2, -0.15) is 0 Å². The summed E-state index contributed by atoms with van der Waals surface area (Å²) in [5, 5.41) is 12.8. The highest BCUT2D eigenvalue weighted by atomic mass is 16.6. The van der Waals surface area contributed by atoms with Crippen molar-refractivity contribution in [2.24, 2.45) is 5.92 Å². The van der Waals surface area contributed by atoms with Crippen molar-refractivity contribution in [1.82, 2.24) is 10.2 Å². The minimum absolute atomic E-state index is 0.110. The minimum Gasteiger partial charge on any atom is -0.444 e. The third kappa shape index (κ3) is 6.09. The number of amides is 1. The zero-order chi connectivity index (χ0) is 15.3. The number of carbonyl (C=O) groups is 1. The van der Waals surface area contributed by atoms with Crippen molar-refractivity contribution in [2.75, 3.05) is 19.7 Å². The van der Waals surface area contributed by atoms with Crippen LogP contribution < -0.4 is 5.32 Å². The molecule has 1 heterocycles. The molecule has 5 heteroatoms. The molecule has 0 aromatic heterocycles. The number of hydrogen-bond acceptors (Lipinski definition) is 4. The van der Waals surface area contributed by atoms with Gasteiger partial charge in [-0.25, -0.2) is 4.79 Å². The number of rotatable bonds is 5. The molecular formula is C15H30N2O3. The summed E-state index contributed by atoms with van der Waals surface area (Å²) in [4.78, 5) is 13.7. The summed E-state index contributed by atoms with van der Waals surface area (Å²) in [6.07, 6.45) is 1.61. The van der Waals surface area contributed by atoms with Gasteiger partial charge in [0.2, 0.25) is 0 Å². The lowest BCUT2D eigenvalue weighted by Crippen LogP contribution is -2.44. The number of ether oxygens (including phenoxy) is 1. The average molecular weight is 286 g/mol. The predicted octanol–water partition coefficient (Wildman–Crippen LogP) is 1.99. The fourth-order valence-electron chi connectivity index (χ4n) is 2.49. The van der Waals surface area contributed by atoms with E-state index >= 15 is 0 Å². The summed E-state index contributed by atoms with van der Waals surface area (Å²) in [5.41, 5.74) is -0.451. The molecule has 1 aliphatic rings. The van der Waals surface area contributed by atoms with Crippen molar-refractivity contribution in [3.63, 3.8) is 0 Å². The first-order chi connectivity index (χ1) is 9.21. The van der Waals surface area contributed by atoms with Crippen molar-refractivity contribution in [3.8, 4) is 0 Å². The largest absolute Gasteiger partial charge is 0.444 e. The summed E-state index contributed by atoms with van der Waals surface area (Å²) in [6.45, 7) is 11.4. The number of carbonyl (C=O) groups excluding carboxylic acids is 1. The monoisotopic (exact) mass is 286 g/mol. The van der Waals surface area contributed by atoms with Gasteiger partial charge in [-0.15, -0.1) is 0 Å². The molecule has 0 aromatic carbocycles. The van der Waals surface area contributed by atoms with Gasteiger partial charge >= 0.3 is 6.09 Å².